The van der Waals surface area contributed by atoms with Crippen molar-refractivity contribution in [3.63, 3.8) is 0 Å². The SMILES string of the molecule is COc1cc(C)ccc1CNC(=O)C[C@H](CCO)c1nnc([C@H]2C[C@@H](CC(C)C)C2)n1C1CC1. The van der Waals surface area contributed by atoms with E-state index < -0.39 is 0 Å². The molecular formula is C27H40N4O3. The molecule has 0 spiro atoms. The maximum atomic E-state index is 12.9. The van der Waals surface area contributed by atoms with Gasteiger partial charge < -0.3 is 19.7 Å². The summed E-state index contributed by atoms with van der Waals surface area (Å²) in [5.74, 6) is 4.56. The molecule has 1 heterocycles. The lowest BCUT2D eigenvalue weighted by Gasteiger charge is -2.36. The van der Waals surface area contributed by atoms with Gasteiger partial charge in [-0.2, -0.15) is 0 Å². The average Bonchev–Trinajstić information content (AvgIpc) is 3.53. The highest BCUT2D eigenvalue weighted by Crippen LogP contribution is 2.48. The Bertz CT molecular complexity index is 976. The second kappa shape index (κ2) is 10.9. The summed E-state index contributed by atoms with van der Waals surface area (Å²) in [6.45, 7) is 7.03. The Balaban J connectivity index is 1.43. The van der Waals surface area contributed by atoms with E-state index in [9.17, 15) is 9.90 Å². The third kappa shape index (κ3) is 5.80. The van der Waals surface area contributed by atoms with E-state index >= 15 is 0 Å². The van der Waals surface area contributed by atoms with Gasteiger partial charge in [-0.15, -0.1) is 10.2 Å². The molecule has 2 N–H and O–H groups in total. The Morgan fingerprint density at radius 1 is 1.26 bits per heavy atom. The van der Waals surface area contributed by atoms with Crippen LogP contribution < -0.4 is 10.1 Å². The Morgan fingerprint density at radius 3 is 2.68 bits per heavy atom. The molecule has 186 valence electrons. The van der Waals surface area contributed by atoms with Gasteiger partial charge in [0.25, 0.3) is 0 Å². The van der Waals surface area contributed by atoms with E-state index in [0.717, 1.165) is 53.2 Å². The normalized spacial score (nSPS) is 20.8. The summed E-state index contributed by atoms with van der Waals surface area (Å²) in [5, 5.41) is 22.0. The molecule has 7 heteroatoms. The van der Waals surface area contributed by atoms with Crippen molar-refractivity contribution in [1.29, 1.82) is 0 Å². The fourth-order valence-electron chi connectivity index (χ4n) is 5.35. The van der Waals surface area contributed by atoms with Crippen molar-refractivity contribution in [3.05, 3.63) is 41.0 Å². The van der Waals surface area contributed by atoms with Crippen molar-refractivity contribution in [3.8, 4) is 5.75 Å². The minimum atomic E-state index is -0.140. The standard InChI is InChI=1S/C27H40N4O3/c1-17(2)11-19-13-22(14-19)27-30-29-26(31(27)23-7-8-23)20(9-10-32)15-25(33)28-16-21-6-5-18(3)12-24(21)34-4/h5-6,12,17,19-20,22-23,32H,7-11,13-16H2,1-4H3,(H,28,33)/t19-,20-,22+/m0/s1. The van der Waals surface area contributed by atoms with E-state index in [1.54, 1.807) is 7.11 Å². The Kier molecular flexibility index (Phi) is 7.91. The number of carbonyl (C=O) groups excluding carboxylic acids is 1. The molecule has 2 aromatic rings. The summed E-state index contributed by atoms with van der Waals surface area (Å²) < 4.78 is 7.79. The van der Waals surface area contributed by atoms with Gasteiger partial charge in [0.2, 0.25) is 5.91 Å². The molecule has 0 aliphatic heterocycles. The molecule has 0 bridgehead atoms. The van der Waals surface area contributed by atoms with E-state index in [2.05, 4.69) is 33.9 Å². The van der Waals surface area contributed by atoms with Crippen molar-refractivity contribution in [1.82, 2.24) is 20.1 Å². The number of nitrogens with zero attached hydrogens (tertiary/aromatic N) is 3. The number of hydrogen-bond acceptors (Lipinski definition) is 5. The van der Waals surface area contributed by atoms with Crippen LogP contribution in [0.25, 0.3) is 0 Å². The quantitative estimate of drug-likeness (QED) is 0.474. The molecule has 1 atom stereocenters. The van der Waals surface area contributed by atoms with E-state index in [4.69, 9.17) is 4.74 Å². The third-order valence-electron chi connectivity index (χ3n) is 7.26. The van der Waals surface area contributed by atoms with Gasteiger partial charge >= 0.3 is 0 Å². The molecular weight excluding hydrogens is 428 g/mol. The average molecular weight is 469 g/mol. The molecule has 1 aromatic carbocycles. The molecule has 1 amide bonds. The van der Waals surface area contributed by atoms with Crippen LogP contribution in [0.15, 0.2) is 18.2 Å². The fraction of sp³-hybridized carbons (Fsp3) is 0.667. The van der Waals surface area contributed by atoms with Crippen LogP contribution in [0.3, 0.4) is 0 Å². The summed E-state index contributed by atoms with van der Waals surface area (Å²) in [4.78, 5) is 12.9. The van der Waals surface area contributed by atoms with Crippen LogP contribution in [0.1, 0.15) is 99.4 Å². The molecule has 0 radical (unpaired) electrons. The predicted molar refractivity (Wildman–Crippen MR) is 132 cm³/mol. The molecule has 2 fully saturated rings. The first kappa shape index (κ1) is 24.7. The lowest BCUT2D eigenvalue weighted by Crippen LogP contribution is -2.28. The number of aromatic nitrogens is 3. The lowest BCUT2D eigenvalue weighted by molar-refractivity contribution is -0.121. The first-order valence-electron chi connectivity index (χ1n) is 12.8. The van der Waals surface area contributed by atoms with Crippen molar-refractivity contribution in [2.24, 2.45) is 11.8 Å². The van der Waals surface area contributed by atoms with Crippen LogP contribution in [0.2, 0.25) is 0 Å². The number of hydrogen-bond donors (Lipinski definition) is 2. The maximum Gasteiger partial charge on any atom is 0.221 e. The monoisotopic (exact) mass is 468 g/mol. The summed E-state index contributed by atoms with van der Waals surface area (Å²) in [5.41, 5.74) is 2.07. The smallest absolute Gasteiger partial charge is 0.221 e. The zero-order valence-corrected chi connectivity index (χ0v) is 21.1. The van der Waals surface area contributed by atoms with Gasteiger partial charge in [-0.3, -0.25) is 4.79 Å². The number of aliphatic hydroxyl groups is 1. The van der Waals surface area contributed by atoms with Gasteiger partial charge in [0.15, 0.2) is 0 Å². The molecule has 0 unspecified atom stereocenters. The van der Waals surface area contributed by atoms with Crippen LogP contribution in [0.5, 0.6) is 5.75 Å². The number of methoxy groups -OCH3 is 1. The second-order valence-corrected chi connectivity index (χ2v) is 10.7. The van der Waals surface area contributed by atoms with Gasteiger partial charge in [0, 0.05) is 43.0 Å². The number of rotatable bonds is 12. The van der Waals surface area contributed by atoms with Gasteiger partial charge in [-0.1, -0.05) is 26.0 Å². The number of aliphatic hydroxyl groups excluding tert-OH is 1. The number of aryl methyl sites for hydroxylation is 1. The van der Waals surface area contributed by atoms with E-state index in [1.807, 2.05) is 25.1 Å². The largest absolute Gasteiger partial charge is 0.496 e. The van der Waals surface area contributed by atoms with E-state index in [0.29, 0.717) is 31.3 Å². The van der Waals surface area contributed by atoms with E-state index in [-0.39, 0.29) is 18.4 Å². The van der Waals surface area contributed by atoms with Gasteiger partial charge in [-0.25, -0.2) is 0 Å². The minimum absolute atomic E-state index is 0.0243. The molecule has 0 saturated heterocycles. The summed E-state index contributed by atoms with van der Waals surface area (Å²) in [6, 6.07) is 6.43. The molecule has 34 heavy (non-hydrogen) atoms. The second-order valence-electron chi connectivity index (χ2n) is 10.7. The molecule has 1 aromatic heterocycles. The van der Waals surface area contributed by atoms with Crippen LogP contribution >= 0.6 is 0 Å². The Hall–Kier alpha value is -2.41. The minimum Gasteiger partial charge on any atom is -0.496 e. The summed E-state index contributed by atoms with van der Waals surface area (Å²) >= 11 is 0. The number of ether oxygens (including phenoxy) is 1. The molecule has 2 saturated carbocycles. The van der Waals surface area contributed by atoms with Gasteiger partial charge in [-0.05, 0) is 68.9 Å². The number of amides is 1. The topological polar surface area (TPSA) is 89.3 Å². The number of nitrogens with one attached hydrogen (secondary N) is 1. The summed E-state index contributed by atoms with van der Waals surface area (Å²) in [6.07, 6.45) is 6.74. The van der Waals surface area contributed by atoms with Crippen molar-refractivity contribution < 1.29 is 14.6 Å². The third-order valence-corrected chi connectivity index (χ3v) is 7.26. The highest BCUT2D eigenvalue weighted by atomic mass is 16.5. The summed E-state index contributed by atoms with van der Waals surface area (Å²) in [7, 11) is 1.65. The number of carbonyl (C=O) groups is 1. The van der Waals surface area contributed by atoms with Crippen LogP contribution in [0, 0.1) is 18.8 Å². The molecule has 4 rings (SSSR count). The van der Waals surface area contributed by atoms with Crippen molar-refractivity contribution in [2.75, 3.05) is 13.7 Å². The fourth-order valence-corrected chi connectivity index (χ4v) is 5.35. The molecule has 2 aliphatic rings. The maximum absolute atomic E-state index is 12.9. The number of benzene rings is 1. The van der Waals surface area contributed by atoms with Gasteiger partial charge in [0.05, 0.1) is 7.11 Å². The van der Waals surface area contributed by atoms with Gasteiger partial charge in [0.1, 0.15) is 17.4 Å². The van der Waals surface area contributed by atoms with E-state index in [1.165, 1.54) is 19.3 Å². The zero-order valence-electron chi connectivity index (χ0n) is 21.1. The van der Waals surface area contributed by atoms with Crippen molar-refractivity contribution >= 4 is 5.91 Å². The first-order chi connectivity index (χ1) is 16.4. The van der Waals surface area contributed by atoms with Crippen LogP contribution in [-0.2, 0) is 11.3 Å². The lowest BCUT2D eigenvalue weighted by atomic mass is 9.71. The Labute approximate surface area is 203 Å². The predicted octanol–water partition coefficient (Wildman–Crippen LogP) is 4.64. The van der Waals surface area contributed by atoms with Crippen molar-refractivity contribution in [2.45, 2.75) is 90.1 Å². The Morgan fingerprint density at radius 2 is 2.03 bits per heavy atom. The highest BCUT2D eigenvalue weighted by molar-refractivity contribution is 5.76. The molecule has 2 aliphatic carbocycles. The van der Waals surface area contributed by atoms with Crippen LogP contribution in [0.4, 0.5) is 0 Å². The molecule has 7 nitrogen and oxygen atoms in total. The zero-order chi connectivity index (χ0) is 24.2. The van der Waals surface area contributed by atoms with Crippen LogP contribution in [-0.4, -0.2) is 39.5 Å². The highest BCUT2D eigenvalue weighted by Gasteiger charge is 2.39. The first-order valence-corrected chi connectivity index (χ1v) is 12.8.